The Hall–Kier alpha value is -2.47. The molecule has 5 nitrogen and oxygen atoms in total. The molecule has 6 heteroatoms. The first kappa shape index (κ1) is 16.9. The number of nitrogens with one attached hydrogen (secondary N) is 1. The molecular formula is C17H19N3O2S. The Kier molecular flexibility index (Phi) is 5.28. The Morgan fingerprint density at radius 2 is 1.91 bits per heavy atom. The molecule has 0 aliphatic heterocycles. The fraction of sp³-hybridized carbons (Fsp3) is 0.235. The maximum Gasteiger partial charge on any atom is 0.251 e. The molecule has 0 radical (unpaired) electrons. The van der Waals surface area contributed by atoms with Crippen LogP contribution >= 0.6 is 12.2 Å². The molecular weight excluding hydrogens is 310 g/mol. The molecule has 1 atom stereocenters. The van der Waals surface area contributed by atoms with Crippen LogP contribution in [0.5, 0.6) is 0 Å². The molecule has 1 heterocycles. The zero-order chi connectivity index (χ0) is 17.0. The van der Waals surface area contributed by atoms with Gasteiger partial charge >= 0.3 is 0 Å². The first-order valence-corrected chi connectivity index (χ1v) is 7.72. The van der Waals surface area contributed by atoms with Crippen molar-refractivity contribution in [3.63, 3.8) is 0 Å². The maximum atomic E-state index is 12.5. The third-order valence-corrected chi connectivity index (χ3v) is 3.78. The van der Waals surface area contributed by atoms with E-state index in [1.807, 2.05) is 13.8 Å². The van der Waals surface area contributed by atoms with E-state index in [9.17, 15) is 9.59 Å². The van der Waals surface area contributed by atoms with Crippen LogP contribution in [0.25, 0.3) is 0 Å². The van der Waals surface area contributed by atoms with Crippen molar-refractivity contribution in [2.45, 2.75) is 26.3 Å². The minimum absolute atomic E-state index is 0.193. The quantitative estimate of drug-likeness (QED) is 0.826. The number of hydrogen-bond donors (Lipinski definition) is 2. The monoisotopic (exact) mass is 329 g/mol. The van der Waals surface area contributed by atoms with Crippen molar-refractivity contribution < 1.29 is 4.79 Å². The highest BCUT2D eigenvalue weighted by Gasteiger charge is 2.19. The zero-order valence-corrected chi connectivity index (χ0v) is 13.9. The summed E-state index contributed by atoms with van der Waals surface area (Å²) in [5, 5.41) is 2.82. The number of anilines is 1. The van der Waals surface area contributed by atoms with Crippen molar-refractivity contribution in [3.05, 3.63) is 64.1 Å². The molecule has 1 aromatic carbocycles. The lowest BCUT2D eigenvalue weighted by atomic mass is 10.1. The molecule has 2 rings (SSSR count). The van der Waals surface area contributed by atoms with E-state index >= 15 is 0 Å². The molecule has 1 aromatic heterocycles. The van der Waals surface area contributed by atoms with Gasteiger partial charge in [0.1, 0.15) is 11.0 Å². The summed E-state index contributed by atoms with van der Waals surface area (Å²) in [5.41, 5.74) is 7.65. The zero-order valence-electron chi connectivity index (χ0n) is 13.1. The van der Waals surface area contributed by atoms with E-state index in [0.29, 0.717) is 17.1 Å². The maximum absolute atomic E-state index is 12.5. The second-order valence-electron chi connectivity index (χ2n) is 5.31. The van der Waals surface area contributed by atoms with E-state index in [-0.39, 0.29) is 11.5 Å². The van der Waals surface area contributed by atoms with Crippen LogP contribution in [0.2, 0.25) is 0 Å². The lowest BCUT2D eigenvalue weighted by Gasteiger charge is -2.18. The minimum Gasteiger partial charge on any atom is -0.389 e. The number of nitrogens with two attached hydrogens (primary N) is 1. The normalized spacial score (nSPS) is 11.7. The minimum atomic E-state index is -0.558. The van der Waals surface area contributed by atoms with Crippen molar-refractivity contribution in [2.75, 3.05) is 5.32 Å². The number of carbonyl (C=O) groups excluding carboxylic acids is 1. The fourth-order valence-electron chi connectivity index (χ4n) is 2.31. The predicted octanol–water partition coefficient (Wildman–Crippen LogP) is 2.38. The molecule has 23 heavy (non-hydrogen) atoms. The third-order valence-electron chi connectivity index (χ3n) is 3.55. The molecule has 0 fully saturated rings. The summed E-state index contributed by atoms with van der Waals surface area (Å²) in [7, 11) is 0. The largest absolute Gasteiger partial charge is 0.389 e. The summed E-state index contributed by atoms with van der Waals surface area (Å²) < 4.78 is 1.47. The van der Waals surface area contributed by atoms with Gasteiger partial charge in [-0.25, -0.2) is 0 Å². The van der Waals surface area contributed by atoms with Gasteiger partial charge in [0.15, 0.2) is 0 Å². The van der Waals surface area contributed by atoms with E-state index in [4.69, 9.17) is 18.0 Å². The van der Waals surface area contributed by atoms with Crippen molar-refractivity contribution >= 4 is 28.8 Å². The summed E-state index contributed by atoms with van der Waals surface area (Å²) in [6.45, 7) is 3.75. The molecule has 120 valence electrons. The van der Waals surface area contributed by atoms with Crippen LogP contribution in [-0.2, 0) is 4.79 Å². The average molecular weight is 329 g/mol. The number of pyridine rings is 1. The molecule has 0 aliphatic carbocycles. The van der Waals surface area contributed by atoms with Gasteiger partial charge in [0, 0.05) is 23.5 Å². The van der Waals surface area contributed by atoms with Gasteiger partial charge in [-0.1, -0.05) is 25.2 Å². The number of amides is 1. The molecule has 0 spiro atoms. The predicted molar refractivity (Wildman–Crippen MR) is 95.7 cm³/mol. The SMILES string of the molecule is CCC(C(=O)Nc1ccc(C(N)=S)cc1)n1cc(C)ccc1=O. The lowest BCUT2D eigenvalue weighted by Crippen LogP contribution is -2.32. The highest BCUT2D eigenvalue weighted by atomic mass is 32.1. The van der Waals surface area contributed by atoms with Crippen LogP contribution in [0.4, 0.5) is 5.69 Å². The fourth-order valence-corrected chi connectivity index (χ4v) is 2.45. The van der Waals surface area contributed by atoms with E-state index in [2.05, 4.69) is 5.32 Å². The molecule has 1 amide bonds. The summed E-state index contributed by atoms with van der Waals surface area (Å²) in [6, 6.07) is 9.61. The van der Waals surface area contributed by atoms with E-state index in [1.54, 1.807) is 36.5 Å². The third kappa shape index (κ3) is 4.04. The Bertz CT molecular complexity index is 781. The smallest absolute Gasteiger partial charge is 0.251 e. The molecule has 1 unspecified atom stereocenters. The number of nitrogens with zero attached hydrogens (tertiary/aromatic N) is 1. The summed E-state index contributed by atoms with van der Waals surface area (Å²) in [5.74, 6) is -0.233. The van der Waals surface area contributed by atoms with E-state index in [1.165, 1.54) is 10.6 Å². The van der Waals surface area contributed by atoms with Crippen LogP contribution in [0, 0.1) is 6.92 Å². The van der Waals surface area contributed by atoms with Gasteiger partial charge in [-0.2, -0.15) is 0 Å². The number of carbonyl (C=O) groups is 1. The Balaban J connectivity index is 2.21. The van der Waals surface area contributed by atoms with Gasteiger partial charge in [0.2, 0.25) is 5.91 Å². The molecule has 0 bridgehead atoms. The van der Waals surface area contributed by atoms with Crippen LogP contribution in [-0.4, -0.2) is 15.5 Å². The van der Waals surface area contributed by atoms with Crippen LogP contribution in [0.3, 0.4) is 0 Å². The van der Waals surface area contributed by atoms with E-state index < -0.39 is 6.04 Å². The van der Waals surface area contributed by atoms with Crippen molar-refractivity contribution in [1.82, 2.24) is 4.57 Å². The Morgan fingerprint density at radius 3 is 2.48 bits per heavy atom. The number of benzene rings is 1. The van der Waals surface area contributed by atoms with Crippen LogP contribution < -0.4 is 16.6 Å². The van der Waals surface area contributed by atoms with Crippen LogP contribution in [0.1, 0.15) is 30.5 Å². The van der Waals surface area contributed by atoms with Crippen molar-refractivity contribution in [3.8, 4) is 0 Å². The summed E-state index contributed by atoms with van der Waals surface area (Å²) >= 11 is 4.90. The van der Waals surface area contributed by atoms with Gasteiger partial charge in [0.25, 0.3) is 5.56 Å². The average Bonchev–Trinajstić information content (AvgIpc) is 2.52. The topological polar surface area (TPSA) is 77.1 Å². The second-order valence-corrected chi connectivity index (χ2v) is 5.75. The number of aromatic nitrogens is 1. The van der Waals surface area contributed by atoms with Gasteiger partial charge < -0.3 is 15.6 Å². The van der Waals surface area contributed by atoms with Gasteiger partial charge in [-0.05, 0) is 43.2 Å². The number of hydrogen-bond acceptors (Lipinski definition) is 3. The first-order chi connectivity index (χ1) is 10.9. The molecule has 0 saturated heterocycles. The summed E-state index contributed by atoms with van der Waals surface area (Å²) in [4.78, 5) is 24.8. The van der Waals surface area contributed by atoms with E-state index in [0.717, 1.165) is 11.1 Å². The number of rotatable bonds is 5. The molecule has 0 saturated carbocycles. The standard InChI is InChI=1S/C17H19N3O2S/c1-3-14(20-10-11(2)4-9-15(20)21)17(22)19-13-7-5-12(6-8-13)16(18)23/h4-10,14H,3H2,1-2H3,(H2,18,23)(H,19,22). The molecule has 0 aliphatic rings. The van der Waals surface area contributed by atoms with Gasteiger partial charge in [-0.15, -0.1) is 0 Å². The molecule has 3 N–H and O–H groups in total. The lowest BCUT2D eigenvalue weighted by molar-refractivity contribution is -0.119. The summed E-state index contributed by atoms with van der Waals surface area (Å²) in [6.07, 6.45) is 2.21. The van der Waals surface area contributed by atoms with Crippen LogP contribution in [0.15, 0.2) is 47.4 Å². The van der Waals surface area contributed by atoms with Gasteiger partial charge in [-0.3, -0.25) is 9.59 Å². The number of aryl methyl sites for hydroxylation is 1. The Morgan fingerprint density at radius 1 is 1.26 bits per heavy atom. The number of thiocarbonyl (C=S) groups is 1. The Labute approximate surface area is 140 Å². The highest BCUT2D eigenvalue weighted by Crippen LogP contribution is 2.15. The second kappa shape index (κ2) is 7.19. The highest BCUT2D eigenvalue weighted by molar-refractivity contribution is 7.80. The first-order valence-electron chi connectivity index (χ1n) is 7.32. The van der Waals surface area contributed by atoms with Gasteiger partial charge in [0.05, 0.1) is 0 Å². The van der Waals surface area contributed by atoms with Crippen molar-refractivity contribution in [1.29, 1.82) is 0 Å². The molecule has 2 aromatic rings. The van der Waals surface area contributed by atoms with Crippen molar-refractivity contribution in [2.24, 2.45) is 5.73 Å².